The number of benzene rings is 2. The molecule has 30 heavy (non-hydrogen) atoms. The minimum atomic E-state index is -6.02. The number of cyclic esters (lactones) is 1. The van der Waals surface area contributed by atoms with Gasteiger partial charge in [0.2, 0.25) is 0 Å². The Kier molecular flexibility index (Phi) is 5.13. The second-order valence-corrected chi connectivity index (χ2v) is 8.07. The SMILES string of the molecule is CCC1(C)CC(CC(O)(C(F)(F)F)C(F)(F)F)(c2ccc3ccccc3c2)OC1=O. The molecule has 1 N–H and O–H groups in total. The Morgan fingerprint density at radius 2 is 1.57 bits per heavy atom. The van der Waals surface area contributed by atoms with Crippen LogP contribution in [-0.4, -0.2) is 29.0 Å². The van der Waals surface area contributed by atoms with Gasteiger partial charge in [0.15, 0.2) is 0 Å². The van der Waals surface area contributed by atoms with Gasteiger partial charge < -0.3 is 9.84 Å². The Bertz CT molecular complexity index is 953. The first-order chi connectivity index (χ1) is 13.7. The summed E-state index contributed by atoms with van der Waals surface area (Å²) in [5, 5.41) is 11.1. The highest BCUT2D eigenvalue weighted by Crippen LogP contribution is 2.57. The van der Waals surface area contributed by atoms with Crippen LogP contribution in [0.1, 0.15) is 38.7 Å². The van der Waals surface area contributed by atoms with Crippen molar-refractivity contribution in [3.63, 3.8) is 0 Å². The van der Waals surface area contributed by atoms with Gasteiger partial charge in [0.05, 0.1) is 5.41 Å². The van der Waals surface area contributed by atoms with E-state index in [1.165, 1.54) is 25.1 Å². The van der Waals surface area contributed by atoms with Crippen LogP contribution in [0.25, 0.3) is 10.8 Å². The number of carbonyl (C=O) groups excluding carboxylic acids is 1. The molecule has 1 saturated heterocycles. The lowest BCUT2D eigenvalue weighted by molar-refractivity contribution is -0.378. The van der Waals surface area contributed by atoms with Crippen LogP contribution in [0, 0.1) is 5.41 Å². The molecule has 2 unspecified atom stereocenters. The lowest BCUT2D eigenvalue weighted by Gasteiger charge is -2.39. The van der Waals surface area contributed by atoms with Gasteiger partial charge in [0.1, 0.15) is 5.60 Å². The molecular formula is C21H20F6O3. The lowest BCUT2D eigenvalue weighted by atomic mass is 9.72. The molecule has 9 heteroatoms. The maximum absolute atomic E-state index is 13.5. The second kappa shape index (κ2) is 6.87. The summed E-state index contributed by atoms with van der Waals surface area (Å²) < 4.78 is 86.0. The third-order valence-corrected chi connectivity index (χ3v) is 5.99. The average molecular weight is 434 g/mol. The number of carbonyl (C=O) groups is 1. The summed E-state index contributed by atoms with van der Waals surface area (Å²) in [6.07, 6.45) is -14.2. The Morgan fingerprint density at radius 3 is 2.07 bits per heavy atom. The van der Waals surface area contributed by atoms with E-state index in [0.29, 0.717) is 10.8 Å². The minimum Gasteiger partial charge on any atom is -0.454 e. The molecule has 3 nitrogen and oxygen atoms in total. The number of alkyl halides is 6. The van der Waals surface area contributed by atoms with E-state index < -0.39 is 47.8 Å². The van der Waals surface area contributed by atoms with Crippen LogP contribution in [0.5, 0.6) is 0 Å². The first-order valence-electron chi connectivity index (χ1n) is 9.26. The number of halogens is 6. The fourth-order valence-corrected chi connectivity index (χ4v) is 3.92. The van der Waals surface area contributed by atoms with Crippen LogP contribution in [0.3, 0.4) is 0 Å². The topological polar surface area (TPSA) is 46.5 Å². The number of esters is 1. The van der Waals surface area contributed by atoms with E-state index in [0.717, 1.165) is 0 Å². The number of rotatable bonds is 4. The molecule has 2 atom stereocenters. The Labute approximate surface area is 168 Å². The molecule has 1 fully saturated rings. The summed E-state index contributed by atoms with van der Waals surface area (Å²) in [5.74, 6) is -0.898. The highest BCUT2D eigenvalue weighted by atomic mass is 19.4. The molecule has 164 valence electrons. The van der Waals surface area contributed by atoms with Gasteiger partial charge in [-0.2, -0.15) is 26.3 Å². The number of fused-ring (bicyclic) bond motifs is 1. The number of aliphatic hydroxyl groups is 1. The van der Waals surface area contributed by atoms with Crippen molar-refractivity contribution in [2.45, 2.75) is 56.7 Å². The zero-order chi connectivity index (χ0) is 22.6. The molecule has 2 aromatic rings. The third-order valence-electron chi connectivity index (χ3n) is 5.99. The smallest absolute Gasteiger partial charge is 0.426 e. The van der Waals surface area contributed by atoms with Gasteiger partial charge in [-0.1, -0.05) is 43.3 Å². The molecule has 0 radical (unpaired) electrons. The van der Waals surface area contributed by atoms with Crippen LogP contribution in [0.15, 0.2) is 42.5 Å². The largest absolute Gasteiger partial charge is 0.454 e. The van der Waals surface area contributed by atoms with Crippen molar-refractivity contribution in [1.29, 1.82) is 0 Å². The molecule has 2 aromatic carbocycles. The van der Waals surface area contributed by atoms with Gasteiger partial charge in [-0.05, 0) is 35.7 Å². The van der Waals surface area contributed by atoms with Crippen LogP contribution < -0.4 is 0 Å². The molecular weight excluding hydrogens is 414 g/mol. The first kappa shape index (κ1) is 22.4. The number of hydrogen-bond acceptors (Lipinski definition) is 3. The Balaban J connectivity index is 2.22. The normalized spacial score (nSPS) is 25.6. The minimum absolute atomic E-state index is 0.0290. The zero-order valence-corrected chi connectivity index (χ0v) is 16.2. The van der Waals surface area contributed by atoms with Crippen LogP contribution in [0.4, 0.5) is 26.3 Å². The predicted molar refractivity (Wildman–Crippen MR) is 96.4 cm³/mol. The monoisotopic (exact) mass is 434 g/mol. The fourth-order valence-electron chi connectivity index (χ4n) is 3.92. The van der Waals surface area contributed by atoms with Gasteiger partial charge in [-0.3, -0.25) is 4.79 Å². The van der Waals surface area contributed by atoms with Crippen LogP contribution in [0.2, 0.25) is 0 Å². The van der Waals surface area contributed by atoms with Crippen molar-refractivity contribution in [2.24, 2.45) is 5.41 Å². The van der Waals surface area contributed by atoms with E-state index >= 15 is 0 Å². The van der Waals surface area contributed by atoms with E-state index in [1.54, 1.807) is 31.2 Å². The summed E-state index contributed by atoms with van der Waals surface area (Å²) in [6.45, 7) is 3.02. The Morgan fingerprint density at radius 1 is 1.00 bits per heavy atom. The molecule has 0 aromatic heterocycles. The van der Waals surface area contributed by atoms with Crippen molar-refractivity contribution in [1.82, 2.24) is 0 Å². The summed E-state index contributed by atoms with van der Waals surface area (Å²) in [7, 11) is 0. The molecule has 1 aliphatic heterocycles. The predicted octanol–water partition coefficient (Wildman–Crippen LogP) is 5.64. The standard InChI is InChI=1S/C21H20F6O3/c1-3-17(2)11-18(30-16(17)28,12-19(29,20(22,23)24)21(25,26)27)15-9-8-13-6-4-5-7-14(13)10-15/h4-10,29H,3,11-12H2,1-2H3. The van der Waals surface area contributed by atoms with E-state index in [1.807, 2.05) is 0 Å². The van der Waals surface area contributed by atoms with Crippen molar-refractivity contribution in [2.75, 3.05) is 0 Å². The molecule has 0 amide bonds. The highest BCUT2D eigenvalue weighted by molar-refractivity contribution is 5.84. The summed E-state index contributed by atoms with van der Waals surface area (Å²) in [4.78, 5) is 12.5. The van der Waals surface area contributed by atoms with Crippen LogP contribution in [-0.2, 0) is 15.1 Å². The summed E-state index contributed by atoms with van der Waals surface area (Å²) in [6, 6.07) is 11.0. The summed E-state index contributed by atoms with van der Waals surface area (Å²) in [5.41, 5.74) is -8.67. The Hall–Kier alpha value is -2.29. The molecule has 0 spiro atoms. The van der Waals surface area contributed by atoms with Crippen molar-refractivity contribution >= 4 is 16.7 Å². The van der Waals surface area contributed by atoms with E-state index in [-0.39, 0.29) is 12.0 Å². The maximum Gasteiger partial charge on any atom is 0.426 e. The van der Waals surface area contributed by atoms with Crippen molar-refractivity contribution in [3.8, 4) is 0 Å². The van der Waals surface area contributed by atoms with Gasteiger partial charge in [-0.25, -0.2) is 0 Å². The van der Waals surface area contributed by atoms with E-state index in [4.69, 9.17) is 4.74 Å². The van der Waals surface area contributed by atoms with E-state index in [9.17, 15) is 36.2 Å². The lowest BCUT2D eigenvalue weighted by Crippen LogP contribution is -2.60. The summed E-state index contributed by atoms with van der Waals surface area (Å²) >= 11 is 0. The van der Waals surface area contributed by atoms with Crippen molar-refractivity contribution < 1.29 is 41.0 Å². The van der Waals surface area contributed by atoms with E-state index in [2.05, 4.69) is 0 Å². The van der Waals surface area contributed by atoms with Crippen LogP contribution >= 0.6 is 0 Å². The molecule has 1 aliphatic rings. The van der Waals surface area contributed by atoms with Gasteiger partial charge in [-0.15, -0.1) is 0 Å². The average Bonchev–Trinajstić information content (AvgIpc) is 2.91. The first-order valence-corrected chi connectivity index (χ1v) is 9.26. The highest BCUT2D eigenvalue weighted by Gasteiger charge is 2.74. The fraction of sp³-hybridized carbons (Fsp3) is 0.476. The maximum atomic E-state index is 13.5. The molecule has 3 rings (SSSR count). The molecule has 1 heterocycles. The van der Waals surface area contributed by atoms with Gasteiger partial charge in [0.25, 0.3) is 5.60 Å². The molecule has 0 aliphatic carbocycles. The second-order valence-electron chi connectivity index (χ2n) is 8.07. The molecule has 0 bridgehead atoms. The third kappa shape index (κ3) is 3.42. The number of hydrogen-bond donors (Lipinski definition) is 1. The number of ether oxygens (including phenoxy) is 1. The van der Waals surface area contributed by atoms with Gasteiger partial charge in [0, 0.05) is 12.8 Å². The zero-order valence-electron chi connectivity index (χ0n) is 16.2. The van der Waals surface area contributed by atoms with Crippen molar-refractivity contribution in [3.05, 3.63) is 48.0 Å². The quantitative estimate of drug-likeness (QED) is 0.500. The van der Waals surface area contributed by atoms with Gasteiger partial charge >= 0.3 is 18.3 Å². The molecule has 0 saturated carbocycles.